The highest BCUT2D eigenvalue weighted by Gasteiger charge is 2.37. The van der Waals surface area contributed by atoms with Crippen LogP contribution in [0.4, 0.5) is 26.3 Å². The van der Waals surface area contributed by atoms with Crippen LogP contribution in [0.1, 0.15) is 11.1 Å². The van der Waals surface area contributed by atoms with Crippen molar-refractivity contribution in [3.8, 4) is 0 Å². The van der Waals surface area contributed by atoms with E-state index in [1.165, 1.54) is 0 Å². The number of benzene rings is 1. The van der Waals surface area contributed by atoms with Crippen molar-refractivity contribution in [2.75, 3.05) is 6.61 Å². The van der Waals surface area contributed by atoms with E-state index < -0.39 is 35.6 Å². The molecule has 90 valence electrons. The zero-order valence-electron chi connectivity index (χ0n) is 7.65. The van der Waals surface area contributed by atoms with Crippen LogP contribution in [-0.2, 0) is 12.1 Å². The Morgan fingerprint density at radius 1 is 1.06 bits per heavy atom. The monoisotopic (exact) mass is 244 g/mol. The van der Waals surface area contributed by atoms with E-state index in [1.807, 2.05) is 0 Å². The van der Waals surface area contributed by atoms with Gasteiger partial charge in [-0.15, -0.1) is 0 Å². The molecule has 0 aliphatic carbocycles. The van der Waals surface area contributed by atoms with Crippen LogP contribution in [0.25, 0.3) is 0 Å². The van der Waals surface area contributed by atoms with Crippen molar-refractivity contribution in [1.29, 1.82) is 0 Å². The van der Waals surface area contributed by atoms with Crippen LogP contribution >= 0.6 is 0 Å². The molecule has 0 unspecified atom stereocenters. The van der Waals surface area contributed by atoms with Crippen LogP contribution in [0.15, 0.2) is 18.2 Å². The molecule has 0 saturated heterocycles. The number of hydrogen-bond donors (Lipinski definition) is 1. The molecule has 1 N–H and O–H groups in total. The van der Waals surface area contributed by atoms with Crippen molar-refractivity contribution in [2.45, 2.75) is 12.1 Å². The van der Waals surface area contributed by atoms with Gasteiger partial charge in [0.1, 0.15) is 12.4 Å². The van der Waals surface area contributed by atoms with Gasteiger partial charge < -0.3 is 5.11 Å². The average molecular weight is 244 g/mol. The molecule has 1 rings (SSSR count). The molecule has 0 fully saturated rings. The number of hydrogen-bond acceptors (Lipinski definition) is 1. The minimum Gasteiger partial charge on any atom is -0.390 e. The third-order valence-electron chi connectivity index (χ3n) is 1.90. The third kappa shape index (κ3) is 2.46. The number of alkyl halides is 5. The molecule has 0 amide bonds. The van der Waals surface area contributed by atoms with E-state index in [9.17, 15) is 26.3 Å². The second-order valence-corrected chi connectivity index (χ2v) is 3.05. The van der Waals surface area contributed by atoms with Crippen LogP contribution in [0.5, 0.6) is 0 Å². The van der Waals surface area contributed by atoms with Gasteiger partial charge in [0, 0.05) is 5.56 Å². The molecule has 0 aliphatic heterocycles. The minimum atomic E-state index is -4.93. The highest BCUT2D eigenvalue weighted by molar-refractivity contribution is 5.29. The van der Waals surface area contributed by atoms with Gasteiger partial charge in [0.2, 0.25) is 0 Å². The lowest BCUT2D eigenvalue weighted by atomic mass is 10.1. The minimum absolute atomic E-state index is 0.0685. The first-order valence-corrected chi connectivity index (χ1v) is 4.04. The van der Waals surface area contributed by atoms with E-state index in [2.05, 4.69) is 0 Å². The van der Waals surface area contributed by atoms with Crippen LogP contribution in [0.2, 0.25) is 0 Å². The van der Waals surface area contributed by atoms with E-state index >= 15 is 0 Å². The lowest BCUT2D eigenvalue weighted by Gasteiger charge is -2.15. The summed E-state index contributed by atoms with van der Waals surface area (Å²) in [6.07, 6.45) is -4.93. The normalized spacial score (nSPS) is 12.9. The predicted octanol–water partition coefficient (Wildman–Crippen LogP) is 2.93. The second kappa shape index (κ2) is 3.97. The molecule has 0 heterocycles. The summed E-state index contributed by atoms with van der Waals surface area (Å²) in [5.74, 6) is -5.55. The lowest BCUT2D eigenvalue weighted by Crippen LogP contribution is -2.19. The van der Waals surface area contributed by atoms with Gasteiger partial charge in [-0.1, -0.05) is 6.07 Å². The van der Waals surface area contributed by atoms with Crippen molar-refractivity contribution in [2.24, 2.45) is 0 Å². The third-order valence-corrected chi connectivity index (χ3v) is 1.90. The first kappa shape index (κ1) is 12.8. The molecule has 0 atom stereocenters. The molecule has 16 heavy (non-hydrogen) atoms. The summed E-state index contributed by atoms with van der Waals surface area (Å²) in [5.41, 5.74) is -2.62. The Morgan fingerprint density at radius 3 is 2.00 bits per heavy atom. The number of aliphatic hydroxyl groups excluding tert-OH is 1. The quantitative estimate of drug-likeness (QED) is 0.793. The maximum Gasteiger partial charge on any atom is 0.419 e. The summed E-state index contributed by atoms with van der Waals surface area (Å²) in [5, 5.41) is 8.27. The standard InChI is InChI=1S/C9H6F6O/c10-7-3-5(8(11,12)4-16)1-2-6(7)9(13,14)15/h1-3,16H,4H2. The van der Waals surface area contributed by atoms with E-state index in [4.69, 9.17) is 5.11 Å². The molecular formula is C9H6F6O. The van der Waals surface area contributed by atoms with Crippen molar-refractivity contribution in [3.63, 3.8) is 0 Å². The maximum absolute atomic E-state index is 12.9. The zero-order chi connectivity index (χ0) is 12.6. The van der Waals surface area contributed by atoms with Crippen molar-refractivity contribution in [1.82, 2.24) is 0 Å². The van der Waals surface area contributed by atoms with Crippen LogP contribution in [0.3, 0.4) is 0 Å². The number of aliphatic hydroxyl groups is 1. The van der Waals surface area contributed by atoms with Crippen LogP contribution < -0.4 is 0 Å². The van der Waals surface area contributed by atoms with Gasteiger partial charge in [-0.25, -0.2) is 4.39 Å². The Kier molecular flexibility index (Phi) is 3.18. The SMILES string of the molecule is OCC(F)(F)c1ccc(C(F)(F)F)c(F)c1. The number of halogens is 6. The van der Waals surface area contributed by atoms with E-state index in [1.54, 1.807) is 0 Å². The van der Waals surface area contributed by atoms with E-state index in [0.29, 0.717) is 6.07 Å². The second-order valence-electron chi connectivity index (χ2n) is 3.05. The first-order chi connectivity index (χ1) is 7.18. The van der Waals surface area contributed by atoms with Gasteiger partial charge in [-0.05, 0) is 12.1 Å². The highest BCUT2D eigenvalue weighted by atomic mass is 19.4. The molecule has 0 aliphatic rings. The molecule has 1 nitrogen and oxygen atoms in total. The Hall–Kier alpha value is -1.24. The largest absolute Gasteiger partial charge is 0.419 e. The average Bonchev–Trinajstić information content (AvgIpc) is 2.15. The van der Waals surface area contributed by atoms with Crippen molar-refractivity contribution in [3.05, 3.63) is 35.1 Å². The summed E-state index contributed by atoms with van der Waals surface area (Å²) in [4.78, 5) is 0. The molecule has 7 heteroatoms. The highest BCUT2D eigenvalue weighted by Crippen LogP contribution is 2.34. The summed E-state index contributed by atoms with van der Waals surface area (Å²) in [7, 11) is 0. The molecule has 0 radical (unpaired) electrons. The Balaban J connectivity index is 3.20. The topological polar surface area (TPSA) is 20.2 Å². The molecular weight excluding hydrogens is 238 g/mol. The Bertz CT molecular complexity index is 384. The van der Waals surface area contributed by atoms with Gasteiger partial charge in [0.05, 0.1) is 5.56 Å². The van der Waals surface area contributed by atoms with Crippen molar-refractivity contribution >= 4 is 0 Å². The molecule has 0 bridgehead atoms. The van der Waals surface area contributed by atoms with Gasteiger partial charge >= 0.3 is 6.18 Å². The predicted molar refractivity (Wildman–Crippen MR) is 42.4 cm³/mol. The van der Waals surface area contributed by atoms with Crippen LogP contribution in [0, 0.1) is 5.82 Å². The molecule has 0 aromatic heterocycles. The van der Waals surface area contributed by atoms with Crippen LogP contribution in [-0.4, -0.2) is 11.7 Å². The number of rotatable bonds is 2. The van der Waals surface area contributed by atoms with Gasteiger partial charge in [0.15, 0.2) is 0 Å². The Labute approximate surface area is 86.3 Å². The fraction of sp³-hybridized carbons (Fsp3) is 0.333. The van der Waals surface area contributed by atoms with Gasteiger partial charge in [-0.3, -0.25) is 0 Å². The maximum atomic E-state index is 12.9. The summed E-state index contributed by atoms with van der Waals surface area (Å²) >= 11 is 0. The lowest BCUT2D eigenvalue weighted by molar-refractivity contribution is -0.140. The fourth-order valence-corrected chi connectivity index (χ4v) is 1.06. The zero-order valence-corrected chi connectivity index (χ0v) is 7.65. The summed E-state index contributed by atoms with van der Waals surface area (Å²) in [6.45, 7) is -1.60. The van der Waals surface area contributed by atoms with E-state index in [0.717, 1.165) is 0 Å². The summed E-state index contributed by atoms with van der Waals surface area (Å²) in [6, 6.07) is 0.718. The molecule has 0 spiro atoms. The molecule has 1 aromatic rings. The van der Waals surface area contributed by atoms with Gasteiger partial charge in [-0.2, -0.15) is 22.0 Å². The van der Waals surface area contributed by atoms with Crippen molar-refractivity contribution < 1.29 is 31.4 Å². The van der Waals surface area contributed by atoms with E-state index in [-0.39, 0.29) is 12.1 Å². The smallest absolute Gasteiger partial charge is 0.390 e. The first-order valence-electron chi connectivity index (χ1n) is 4.04. The molecule has 1 aromatic carbocycles. The fourth-order valence-electron chi connectivity index (χ4n) is 1.06. The summed E-state index contributed by atoms with van der Waals surface area (Å²) < 4.78 is 74.7. The van der Waals surface area contributed by atoms with Gasteiger partial charge in [0.25, 0.3) is 5.92 Å². The molecule has 0 saturated carbocycles. The Morgan fingerprint density at radius 2 is 1.62 bits per heavy atom.